The Bertz CT molecular complexity index is 748. The second-order valence-electron chi connectivity index (χ2n) is 6.60. The lowest BCUT2D eigenvalue weighted by atomic mass is 10.2. The van der Waals surface area contributed by atoms with Crippen LogP contribution in [0.15, 0.2) is 29.2 Å². The summed E-state index contributed by atoms with van der Waals surface area (Å²) in [4.78, 5) is 24.8. The number of carboxylic acid groups (broad SMARTS) is 1. The minimum absolute atomic E-state index is 0.0463. The number of benzene rings is 1. The first-order valence-electron chi connectivity index (χ1n) is 8.49. The molecule has 1 aromatic carbocycles. The zero-order valence-corrected chi connectivity index (χ0v) is 14.7. The molecule has 0 spiro atoms. The van der Waals surface area contributed by atoms with Crippen LogP contribution in [-0.2, 0) is 14.8 Å². The molecular weight excluding hydrogens is 344 g/mol. The molecule has 1 saturated heterocycles. The number of nitrogens with zero attached hydrogens (tertiary/aromatic N) is 2. The van der Waals surface area contributed by atoms with E-state index in [4.69, 9.17) is 5.11 Å². The number of hydrogen-bond acceptors (Lipinski definition) is 4. The van der Waals surface area contributed by atoms with Crippen LogP contribution in [0.5, 0.6) is 0 Å². The van der Waals surface area contributed by atoms with Gasteiger partial charge in [-0.15, -0.1) is 0 Å². The summed E-state index contributed by atoms with van der Waals surface area (Å²) in [5, 5.41) is 8.89. The number of rotatable bonds is 6. The molecule has 0 bridgehead atoms. The summed E-state index contributed by atoms with van der Waals surface area (Å²) in [7, 11) is -3.67. The lowest BCUT2D eigenvalue weighted by Crippen LogP contribution is -2.50. The molecule has 136 valence electrons. The third-order valence-corrected chi connectivity index (χ3v) is 6.71. The van der Waals surface area contributed by atoms with Crippen molar-refractivity contribution in [1.82, 2.24) is 9.21 Å². The van der Waals surface area contributed by atoms with Crippen LogP contribution < -0.4 is 0 Å². The molecule has 0 atom stereocenters. The molecule has 1 saturated carbocycles. The largest absolute Gasteiger partial charge is 0.478 e. The third-order valence-electron chi connectivity index (χ3n) is 4.79. The van der Waals surface area contributed by atoms with Gasteiger partial charge in [0.25, 0.3) is 0 Å². The lowest BCUT2D eigenvalue weighted by molar-refractivity contribution is -0.132. The van der Waals surface area contributed by atoms with Gasteiger partial charge in [0.1, 0.15) is 0 Å². The maximum atomic E-state index is 12.6. The van der Waals surface area contributed by atoms with E-state index < -0.39 is 16.0 Å². The number of carbonyl (C=O) groups is 2. The molecule has 1 amide bonds. The van der Waals surface area contributed by atoms with Crippen LogP contribution in [0.1, 0.15) is 36.0 Å². The molecule has 3 rings (SSSR count). The van der Waals surface area contributed by atoms with Crippen LogP contribution in [-0.4, -0.2) is 60.8 Å². The average Bonchev–Trinajstić information content (AvgIpc) is 3.44. The van der Waals surface area contributed by atoms with Gasteiger partial charge in [-0.05, 0) is 36.6 Å². The number of piperazine rings is 1. The van der Waals surface area contributed by atoms with Crippen molar-refractivity contribution in [2.45, 2.75) is 30.6 Å². The van der Waals surface area contributed by atoms with Gasteiger partial charge < -0.3 is 10.0 Å². The highest BCUT2D eigenvalue weighted by Crippen LogP contribution is 2.33. The molecule has 25 heavy (non-hydrogen) atoms. The summed E-state index contributed by atoms with van der Waals surface area (Å²) in [6.45, 7) is 1.32. The van der Waals surface area contributed by atoms with Crippen molar-refractivity contribution in [2.75, 3.05) is 26.2 Å². The number of carbonyl (C=O) groups excluding carboxylic acids is 1. The fourth-order valence-corrected chi connectivity index (χ4v) is 4.41. The van der Waals surface area contributed by atoms with E-state index >= 15 is 0 Å². The van der Waals surface area contributed by atoms with Crippen molar-refractivity contribution >= 4 is 21.9 Å². The van der Waals surface area contributed by atoms with Gasteiger partial charge in [0, 0.05) is 32.6 Å². The number of carboxylic acids is 1. The highest BCUT2D eigenvalue weighted by Gasteiger charge is 2.31. The predicted octanol–water partition coefficient (Wildman–Crippen LogP) is 1.41. The molecule has 1 aliphatic heterocycles. The zero-order valence-electron chi connectivity index (χ0n) is 13.9. The summed E-state index contributed by atoms with van der Waals surface area (Å²) >= 11 is 0. The topological polar surface area (TPSA) is 95.0 Å². The molecule has 8 heteroatoms. The Balaban J connectivity index is 1.58. The Hall–Kier alpha value is -1.93. The molecule has 2 aliphatic rings. The molecule has 0 unspecified atom stereocenters. The highest BCUT2D eigenvalue weighted by atomic mass is 32.2. The number of sulfonamides is 1. The molecular formula is C17H22N2O5S. The molecule has 2 fully saturated rings. The van der Waals surface area contributed by atoms with E-state index in [9.17, 15) is 18.0 Å². The molecule has 0 radical (unpaired) electrons. The van der Waals surface area contributed by atoms with Gasteiger partial charge in [-0.3, -0.25) is 4.79 Å². The first-order chi connectivity index (χ1) is 11.9. The molecule has 1 aliphatic carbocycles. The number of amides is 1. The monoisotopic (exact) mass is 366 g/mol. The van der Waals surface area contributed by atoms with Crippen molar-refractivity contribution in [3.05, 3.63) is 29.8 Å². The number of hydrogen-bond donors (Lipinski definition) is 1. The Morgan fingerprint density at radius 2 is 1.64 bits per heavy atom. The summed E-state index contributed by atoms with van der Waals surface area (Å²) in [5.41, 5.74) is 0.0463. The summed E-state index contributed by atoms with van der Waals surface area (Å²) in [5.74, 6) is -0.281. The van der Waals surface area contributed by atoms with Crippen molar-refractivity contribution in [1.29, 1.82) is 0 Å². The fourth-order valence-electron chi connectivity index (χ4n) is 2.99. The van der Waals surface area contributed by atoms with Gasteiger partial charge in [0.2, 0.25) is 15.9 Å². The predicted molar refractivity (Wildman–Crippen MR) is 90.7 cm³/mol. The SMILES string of the molecule is O=C(O)c1ccc(S(=O)(=O)N2CCN(C(=O)CCC3CC3)CC2)cc1. The molecule has 1 aromatic rings. The van der Waals surface area contributed by atoms with Crippen LogP contribution in [0.3, 0.4) is 0 Å². The third kappa shape index (κ3) is 4.19. The van der Waals surface area contributed by atoms with E-state index in [-0.39, 0.29) is 29.5 Å². The van der Waals surface area contributed by atoms with Crippen molar-refractivity contribution < 1.29 is 23.1 Å². The normalized spacial score (nSPS) is 19.0. The smallest absolute Gasteiger partial charge is 0.335 e. The number of aromatic carboxylic acids is 1. The van der Waals surface area contributed by atoms with E-state index in [1.165, 1.54) is 41.4 Å². The van der Waals surface area contributed by atoms with Gasteiger partial charge in [-0.2, -0.15) is 4.31 Å². The average molecular weight is 366 g/mol. The maximum Gasteiger partial charge on any atom is 0.335 e. The minimum Gasteiger partial charge on any atom is -0.478 e. The Kier molecular flexibility index (Phi) is 5.10. The zero-order chi connectivity index (χ0) is 18.0. The summed E-state index contributed by atoms with van der Waals surface area (Å²) in [6, 6.07) is 5.19. The molecule has 7 nitrogen and oxygen atoms in total. The van der Waals surface area contributed by atoms with E-state index in [2.05, 4.69) is 0 Å². The van der Waals surface area contributed by atoms with E-state index in [0.717, 1.165) is 6.42 Å². The minimum atomic E-state index is -3.67. The van der Waals surface area contributed by atoms with Crippen molar-refractivity contribution in [2.24, 2.45) is 5.92 Å². The first kappa shape index (κ1) is 17.9. The van der Waals surface area contributed by atoms with Gasteiger partial charge >= 0.3 is 5.97 Å². The van der Waals surface area contributed by atoms with Crippen LogP contribution in [0, 0.1) is 5.92 Å². The maximum absolute atomic E-state index is 12.6. The van der Waals surface area contributed by atoms with Gasteiger partial charge in [-0.25, -0.2) is 13.2 Å². The van der Waals surface area contributed by atoms with E-state index in [0.29, 0.717) is 25.4 Å². The Labute approximate surface area is 147 Å². The van der Waals surface area contributed by atoms with E-state index in [1.54, 1.807) is 4.90 Å². The van der Waals surface area contributed by atoms with Gasteiger partial charge in [0.05, 0.1) is 10.5 Å². The van der Waals surface area contributed by atoms with Crippen molar-refractivity contribution in [3.63, 3.8) is 0 Å². The van der Waals surface area contributed by atoms with E-state index in [1.807, 2.05) is 0 Å². The fraction of sp³-hybridized carbons (Fsp3) is 0.529. The highest BCUT2D eigenvalue weighted by molar-refractivity contribution is 7.89. The molecule has 1 N–H and O–H groups in total. The van der Waals surface area contributed by atoms with Crippen LogP contribution in [0.25, 0.3) is 0 Å². The second kappa shape index (κ2) is 7.13. The quantitative estimate of drug-likeness (QED) is 0.821. The van der Waals surface area contributed by atoms with Gasteiger partial charge in [0.15, 0.2) is 0 Å². The first-order valence-corrected chi connectivity index (χ1v) is 9.93. The van der Waals surface area contributed by atoms with Crippen LogP contribution in [0.4, 0.5) is 0 Å². The van der Waals surface area contributed by atoms with Crippen LogP contribution >= 0.6 is 0 Å². The summed E-state index contributed by atoms with van der Waals surface area (Å²) in [6.07, 6.45) is 3.93. The molecule has 0 aromatic heterocycles. The van der Waals surface area contributed by atoms with Crippen molar-refractivity contribution in [3.8, 4) is 0 Å². The van der Waals surface area contributed by atoms with Crippen LogP contribution in [0.2, 0.25) is 0 Å². The second-order valence-corrected chi connectivity index (χ2v) is 8.53. The molecule has 1 heterocycles. The van der Waals surface area contributed by atoms with Gasteiger partial charge in [-0.1, -0.05) is 12.8 Å². The lowest BCUT2D eigenvalue weighted by Gasteiger charge is -2.34. The summed E-state index contributed by atoms with van der Waals surface area (Å²) < 4.78 is 26.6. The standard InChI is InChI=1S/C17H22N2O5S/c20-16(8-3-13-1-2-13)18-9-11-19(12-10-18)25(23,24)15-6-4-14(5-7-15)17(21)22/h4-7,13H,1-3,8-12H2,(H,21,22). The Morgan fingerprint density at radius 1 is 1.04 bits per heavy atom. The Morgan fingerprint density at radius 3 is 2.16 bits per heavy atom.